The first-order valence-corrected chi connectivity index (χ1v) is 13.2. The molecule has 1 N–H and O–H groups in total. The van der Waals surface area contributed by atoms with Crippen molar-refractivity contribution in [3.8, 4) is 5.88 Å². The molecule has 37 heavy (non-hydrogen) atoms. The van der Waals surface area contributed by atoms with Gasteiger partial charge in [-0.25, -0.2) is 4.98 Å². The van der Waals surface area contributed by atoms with Crippen molar-refractivity contribution >= 4 is 44.1 Å². The number of aryl methyl sites for hydroxylation is 2. The summed E-state index contributed by atoms with van der Waals surface area (Å²) in [7, 11) is 0. The first-order chi connectivity index (χ1) is 18.0. The summed E-state index contributed by atoms with van der Waals surface area (Å²) in [6.45, 7) is 2.06. The Bertz CT molecular complexity index is 1730. The maximum absolute atomic E-state index is 13.3. The molecular formula is C28H25N5O3S. The lowest BCUT2D eigenvalue weighted by Gasteiger charge is -2.12. The lowest BCUT2D eigenvalue weighted by Crippen LogP contribution is -2.27. The molecule has 1 atom stereocenters. The van der Waals surface area contributed by atoms with Crippen molar-refractivity contribution in [3.63, 3.8) is 0 Å². The molecule has 1 amide bonds. The number of nitrogens with zero attached hydrogens (tertiary/aromatic N) is 5. The van der Waals surface area contributed by atoms with Gasteiger partial charge in [-0.2, -0.15) is 0 Å². The molecule has 0 radical (unpaired) electrons. The summed E-state index contributed by atoms with van der Waals surface area (Å²) in [5, 5.41) is 20.4. The third kappa shape index (κ3) is 4.05. The number of carbonyl (C=O) groups is 1. The van der Waals surface area contributed by atoms with E-state index < -0.39 is 11.9 Å². The number of aromatic hydroxyl groups is 1. The average molecular weight is 512 g/mol. The van der Waals surface area contributed by atoms with E-state index in [0.29, 0.717) is 17.3 Å². The van der Waals surface area contributed by atoms with Crippen LogP contribution in [0.1, 0.15) is 41.8 Å². The average Bonchev–Trinajstić information content (AvgIpc) is 3.43. The zero-order valence-corrected chi connectivity index (χ0v) is 21.1. The van der Waals surface area contributed by atoms with Crippen molar-refractivity contribution in [2.45, 2.75) is 45.2 Å². The number of azo groups is 1. The molecule has 3 heterocycles. The first kappa shape index (κ1) is 23.3. The summed E-state index contributed by atoms with van der Waals surface area (Å²) in [4.78, 5) is 32.8. The van der Waals surface area contributed by atoms with E-state index in [9.17, 15) is 14.7 Å². The highest BCUT2D eigenvalue weighted by molar-refractivity contribution is 7.18. The molecule has 0 unspecified atom stereocenters. The number of hydrogen-bond donors (Lipinski definition) is 1. The number of aromatic nitrogens is 3. The van der Waals surface area contributed by atoms with Crippen LogP contribution in [0.2, 0.25) is 0 Å². The maximum Gasteiger partial charge on any atom is 0.287 e. The summed E-state index contributed by atoms with van der Waals surface area (Å²) < 4.78 is 3.08. The molecule has 0 saturated heterocycles. The number of para-hydroxylation sites is 1. The van der Waals surface area contributed by atoms with Gasteiger partial charge >= 0.3 is 0 Å². The SMILES string of the molecule is C[C@H](C(=O)N=Nc1c(O)n(Cc2ccccc2)c2ccccc12)n1cnc2sc3c(c2c1=O)CCCC3. The molecule has 0 bridgehead atoms. The van der Waals surface area contributed by atoms with E-state index in [-0.39, 0.29) is 17.1 Å². The predicted octanol–water partition coefficient (Wildman–Crippen LogP) is 5.92. The highest BCUT2D eigenvalue weighted by Crippen LogP contribution is 2.39. The summed E-state index contributed by atoms with van der Waals surface area (Å²) in [5.41, 5.74) is 2.88. The Hall–Kier alpha value is -4.11. The van der Waals surface area contributed by atoms with Crippen LogP contribution in [0, 0.1) is 0 Å². The number of benzene rings is 2. The molecule has 1 aliphatic carbocycles. The van der Waals surface area contributed by atoms with Crippen LogP contribution >= 0.6 is 11.3 Å². The van der Waals surface area contributed by atoms with Crippen molar-refractivity contribution in [3.05, 3.63) is 87.3 Å². The Labute approximate surface area is 216 Å². The van der Waals surface area contributed by atoms with Crippen LogP contribution in [-0.2, 0) is 24.2 Å². The number of rotatable bonds is 5. The summed E-state index contributed by atoms with van der Waals surface area (Å²) in [6.07, 6.45) is 5.44. The Morgan fingerprint density at radius 3 is 2.70 bits per heavy atom. The minimum absolute atomic E-state index is 0.0700. The van der Waals surface area contributed by atoms with E-state index >= 15 is 0 Å². The van der Waals surface area contributed by atoms with Crippen molar-refractivity contribution < 1.29 is 9.90 Å². The molecule has 0 saturated carbocycles. The van der Waals surface area contributed by atoms with Crippen LogP contribution in [0.15, 0.2) is 75.9 Å². The first-order valence-electron chi connectivity index (χ1n) is 12.3. The van der Waals surface area contributed by atoms with E-state index in [1.54, 1.807) is 22.8 Å². The highest BCUT2D eigenvalue weighted by Gasteiger charge is 2.24. The molecule has 0 spiro atoms. The smallest absolute Gasteiger partial charge is 0.287 e. The molecule has 5 aromatic rings. The zero-order chi connectivity index (χ0) is 25.5. The van der Waals surface area contributed by atoms with Crippen molar-refractivity contribution in [1.82, 2.24) is 14.1 Å². The number of fused-ring (bicyclic) bond motifs is 4. The van der Waals surface area contributed by atoms with E-state index in [2.05, 4.69) is 15.2 Å². The van der Waals surface area contributed by atoms with Crippen molar-refractivity contribution in [2.24, 2.45) is 10.2 Å². The van der Waals surface area contributed by atoms with Gasteiger partial charge in [0.2, 0.25) is 5.88 Å². The molecule has 0 fully saturated rings. The van der Waals surface area contributed by atoms with Gasteiger partial charge in [0.1, 0.15) is 10.9 Å². The third-order valence-electron chi connectivity index (χ3n) is 7.02. The fourth-order valence-corrected chi connectivity index (χ4v) is 6.25. The highest BCUT2D eigenvalue weighted by atomic mass is 32.1. The fourth-order valence-electron chi connectivity index (χ4n) is 5.03. The standard InChI is InChI=1S/C28H25N5O3S/c1-17(33-16-29-26-23(27(33)35)20-12-6-8-14-22(20)37-26)25(34)31-30-24-19-11-5-7-13-21(19)32(28(24)36)15-18-9-3-2-4-10-18/h2-5,7,9-11,13,16-17,36H,6,8,12,14-15H2,1H3/t17-/m1/s1. The molecule has 3 aromatic heterocycles. The molecule has 186 valence electrons. The van der Waals surface area contributed by atoms with Crippen LogP contribution in [-0.4, -0.2) is 25.1 Å². The second-order valence-electron chi connectivity index (χ2n) is 9.32. The Kier molecular flexibility index (Phi) is 5.92. The second-order valence-corrected chi connectivity index (χ2v) is 10.4. The van der Waals surface area contributed by atoms with Gasteiger partial charge in [-0.1, -0.05) is 48.5 Å². The largest absolute Gasteiger partial charge is 0.493 e. The number of amides is 1. The molecule has 6 rings (SSSR count). The van der Waals surface area contributed by atoms with Crippen molar-refractivity contribution in [1.29, 1.82) is 0 Å². The number of carbonyl (C=O) groups excluding carboxylic acids is 1. The van der Waals surface area contributed by atoms with Gasteiger partial charge < -0.3 is 9.67 Å². The van der Waals surface area contributed by atoms with Gasteiger partial charge in [-0.3, -0.25) is 14.2 Å². The number of hydrogen-bond acceptors (Lipinski definition) is 6. The minimum atomic E-state index is -0.882. The number of thiophene rings is 1. The monoisotopic (exact) mass is 511 g/mol. The van der Waals surface area contributed by atoms with E-state index in [1.165, 1.54) is 15.8 Å². The zero-order valence-electron chi connectivity index (χ0n) is 20.3. The molecule has 1 aliphatic rings. The Balaban J connectivity index is 1.33. The quantitative estimate of drug-likeness (QED) is 0.296. The van der Waals surface area contributed by atoms with Crippen LogP contribution in [0.5, 0.6) is 5.88 Å². The van der Waals surface area contributed by atoms with Gasteiger partial charge in [-0.15, -0.1) is 21.6 Å². The van der Waals surface area contributed by atoms with Crippen LogP contribution in [0.25, 0.3) is 21.1 Å². The lowest BCUT2D eigenvalue weighted by molar-refractivity contribution is -0.121. The van der Waals surface area contributed by atoms with E-state index in [1.807, 2.05) is 54.6 Å². The van der Waals surface area contributed by atoms with Gasteiger partial charge in [0.25, 0.3) is 11.5 Å². The minimum Gasteiger partial charge on any atom is -0.493 e. The van der Waals surface area contributed by atoms with Gasteiger partial charge in [0.15, 0.2) is 5.69 Å². The van der Waals surface area contributed by atoms with Crippen LogP contribution < -0.4 is 5.56 Å². The van der Waals surface area contributed by atoms with Crippen LogP contribution in [0.4, 0.5) is 5.69 Å². The summed E-state index contributed by atoms with van der Waals surface area (Å²) in [6, 6.07) is 16.4. The molecular weight excluding hydrogens is 486 g/mol. The Morgan fingerprint density at radius 1 is 1.11 bits per heavy atom. The van der Waals surface area contributed by atoms with Crippen LogP contribution in [0.3, 0.4) is 0 Å². The Morgan fingerprint density at radius 2 is 1.86 bits per heavy atom. The molecule has 0 aliphatic heterocycles. The predicted molar refractivity (Wildman–Crippen MR) is 144 cm³/mol. The maximum atomic E-state index is 13.3. The van der Waals surface area contributed by atoms with Gasteiger partial charge in [0.05, 0.1) is 23.8 Å². The van der Waals surface area contributed by atoms with Crippen molar-refractivity contribution in [2.75, 3.05) is 0 Å². The van der Waals surface area contributed by atoms with Gasteiger partial charge in [-0.05, 0) is 49.8 Å². The van der Waals surface area contributed by atoms with E-state index in [4.69, 9.17) is 0 Å². The normalized spacial score (nSPS) is 14.4. The van der Waals surface area contributed by atoms with E-state index in [0.717, 1.165) is 47.2 Å². The molecule has 2 aromatic carbocycles. The fraction of sp³-hybridized carbons (Fsp3) is 0.250. The third-order valence-corrected chi connectivity index (χ3v) is 8.22. The summed E-state index contributed by atoms with van der Waals surface area (Å²) >= 11 is 1.57. The second kappa shape index (κ2) is 9.40. The van der Waals surface area contributed by atoms with Gasteiger partial charge in [0, 0.05) is 10.3 Å². The molecule has 8 nitrogen and oxygen atoms in total. The topological polar surface area (TPSA) is 102 Å². The lowest BCUT2D eigenvalue weighted by atomic mass is 9.97. The summed E-state index contributed by atoms with van der Waals surface area (Å²) in [5.74, 6) is -0.661. The molecule has 9 heteroatoms.